The number of benzene rings is 1. The molecule has 0 amide bonds. The highest BCUT2D eigenvalue weighted by Gasteiger charge is 2.07. The van der Waals surface area contributed by atoms with Crippen LogP contribution in [0, 0.1) is 11.7 Å². The van der Waals surface area contributed by atoms with E-state index in [1.54, 1.807) is 18.2 Å². The van der Waals surface area contributed by atoms with Gasteiger partial charge < -0.3 is 10.5 Å². The zero-order valence-electron chi connectivity index (χ0n) is 7.87. The number of rotatable bonds is 4. The number of hydrogen-bond acceptors (Lipinski definition) is 2. The molecule has 4 heteroatoms. The Morgan fingerprint density at radius 3 is 2.79 bits per heavy atom. The molecule has 76 valence electrons. The van der Waals surface area contributed by atoms with Crippen LogP contribution in [0.1, 0.15) is 6.92 Å². The van der Waals surface area contributed by atoms with Gasteiger partial charge in [0, 0.05) is 5.92 Å². The van der Waals surface area contributed by atoms with E-state index in [2.05, 4.69) is 0 Å². The molecule has 0 radical (unpaired) electrons. The van der Waals surface area contributed by atoms with E-state index < -0.39 is 0 Å². The molecule has 0 heterocycles. The van der Waals surface area contributed by atoms with E-state index in [1.165, 1.54) is 6.07 Å². The van der Waals surface area contributed by atoms with Crippen LogP contribution in [0.3, 0.4) is 0 Å². The number of ether oxygens (including phenoxy) is 1. The molecular formula is C10H12FNOS. The minimum absolute atomic E-state index is 0.0513. The molecule has 1 unspecified atom stereocenters. The summed E-state index contributed by atoms with van der Waals surface area (Å²) in [4.78, 5) is 0.376. The Labute approximate surface area is 87.9 Å². The van der Waals surface area contributed by atoms with Gasteiger partial charge in [-0.3, -0.25) is 0 Å². The number of hydrogen-bond donors (Lipinski definition) is 1. The van der Waals surface area contributed by atoms with Crippen LogP contribution in [0.2, 0.25) is 0 Å². The van der Waals surface area contributed by atoms with Gasteiger partial charge in [0.15, 0.2) is 11.6 Å². The molecule has 0 bridgehead atoms. The fourth-order valence-corrected chi connectivity index (χ4v) is 0.927. The molecule has 0 fully saturated rings. The number of para-hydroxylation sites is 1. The molecule has 0 aliphatic heterocycles. The van der Waals surface area contributed by atoms with Crippen LogP contribution in [-0.4, -0.2) is 11.6 Å². The highest BCUT2D eigenvalue weighted by Crippen LogP contribution is 2.16. The SMILES string of the molecule is CC(COc1ccccc1F)C(N)=S. The van der Waals surface area contributed by atoms with E-state index in [9.17, 15) is 4.39 Å². The molecule has 1 atom stereocenters. The van der Waals surface area contributed by atoms with Crippen LogP contribution in [-0.2, 0) is 0 Å². The summed E-state index contributed by atoms with van der Waals surface area (Å²) in [5, 5.41) is 0. The Morgan fingerprint density at radius 2 is 2.21 bits per heavy atom. The third kappa shape index (κ3) is 2.96. The van der Waals surface area contributed by atoms with E-state index in [1.807, 2.05) is 6.92 Å². The number of halogens is 1. The van der Waals surface area contributed by atoms with Crippen LogP contribution in [0.4, 0.5) is 4.39 Å². The van der Waals surface area contributed by atoms with Gasteiger partial charge in [-0.15, -0.1) is 0 Å². The molecule has 2 N–H and O–H groups in total. The van der Waals surface area contributed by atoms with Crippen molar-refractivity contribution in [1.82, 2.24) is 0 Å². The summed E-state index contributed by atoms with van der Waals surface area (Å²) in [5.41, 5.74) is 5.40. The Kier molecular flexibility index (Phi) is 3.83. The second-order valence-electron chi connectivity index (χ2n) is 3.04. The van der Waals surface area contributed by atoms with Crippen molar-refractivity contribution in [2.24, 2.45) is 11.7 Å². The van der Waals surface area contributed by atoms with Crippen molar-refractivity contribution in [1.29, 1.82) is 0 Å². The number of nitrogens with two attached hydrogens (primary N) is 1. The molecule has 0 saturated heterocycles. The average molecular weight is 213 g/mol. The van der Waals surface area contributed by atoms with Crippen molar-refractivity contribution >= 4 is 17.2 Å². The standard InChI is InChI=1S/C10H12FNOS/c1-7(10(12)14)6-13-9-5-3-2-4-8(9)11/h2-5,7H,6H2,1H3,(H2,12,14). The molecule has 1 rings (SSSR count). The highest BCUT2D eigenvalue weighted by molar-refractivity contribution is 7.80. The number of thiocarbonyl (C=S) groups is 1. The Morgan fingerprint density at radius 1 is 1.57 bits per heavy atom. The maximum absolute atomic E-state index is 13.1. The quantitative estimate of drug-likeness (QED) is 0.778. The van der Waals surface area contributed by atoms with Crippen LogP contribution in [0.25, 0.3) is 0 Å². The van der Waals surface area contributed by atoms with Crippen LogP contribution >= 0.6 is 12.2 Å². The van der Waals surface area contributed by atoms with Gasteiger partial charge in [-0.05, 0) is 12.1 Å². The van der Waals surface area contributed by atoms with Crippen molar-refractivity contribution in [2.75, 3.05) is 6.61 Å². The maximum atomic E-state index is 13.1. The first-order chi connectivity index (χ1) is 6.61. The first-order valence-electron chi connectivity index (χ1n) is 4.28. The lowest BCUT2D eigenvalue weighted by Crippen LogP contribution is -2.24. The lowest BCUT2D eigenvalue weighted by molar-refractivity contribution is 0.279. The van der Waals surface area contributed by atoms with Crippen LogP contribution < -0.4 is 10.5 Å². The van der Waals surface area contributed by atoms with Crippen LogP contribution in [0.5, 0.6) is 5.75 Å². The summed E-state index contributed by atoms with van der Waals surface area (Å²) in [6.45, 7) is 2.14. The zero-order chi connectivity index (χ0) is 10.6. The molecule has 0 spiro atoms. The predicted molar refractivity (Wildman–Crippen MR) is 57.8 cm³/mol. The molecule has 0 saturated carbocycles. The lowest BCUT2D eigenvalue weighted by atomic mass is 10.2. The van der Waals surface area contributed by atoms with E-state index in [-0.39, 0.29) is 17.5 Å². The van der Waals surface area contributed by atoms with Crippen molar-refractivity contribution in [3.05, 3.63) is 30.1 Å². The van der Waals surface area contributed by atoms with Crippen molar-refractivity contribution in [3.63, 3.8) is 0 Å². The molecule has 1 aromatic carbocycles. The van der Waals surface area contributed by atoms with Gasteiger partial charge in [0.25, 0.3) is 0 Å². The molecule has 0 aliphatic carbocycles. The van der Waals surface area contributed by atoms with Gasteiger partial charge in [0.1, 0.15) is 0 Å². The van der Waals surface area contributed by atoms with Crippen molar-refractivity contribution in [3.8, 4) is 5.75 Å². The zero-order valence-corrected chi connectivity index (χ0v) is 8.68. The fraction of sp³-hybridized carbons (Fsp3) is 0.300. The molecule has 0 aliphatic rings. The summed E-state index contributed by atoms with van der Waals surface area (Å²) >= 11 is 4.77. The Bertz CT molecular complexity index is 330. The van der Waals surface area contributed by atoms with Gasteiger partial charge in [0.05, 0.1) is 11.6 Å². The van der Waals surface area contributed by atoms with Gasteiger partial charge in [0.2, 0.25) is 0 Å². The molecule has 0 aromatic heterocycles. The summed E-state index contributed by atoms with van der Waals surface area (Å²) in [6.07, 6.45) is 0. The molecular weight excluding hydrogens is 201 g/mol. The monoisotopic (exact) mass is 213 g/mol. The normalized spacial score (nSPS) is 12.1. The third-order valence-electron chi connectivity index (χ3n) is 1.81. The maximum Gasteiger partial charge on any atom is 0.165 e. The summed E-state index contributed by atoms with van der Waals surface area (Å²) in [6, 6.07) is 6.24. The smallest absolute Gasteiger partial charge is 0.165 e. The average Bonchev–Trinajstić information content (AvgIpc) is 2.16. The Hall–Kier alpha value is -1.16. The summed E-state index contributed by atoms with van der Waals surface area (Å²) in [7, 11) is 0. The third-order valence-corrected chi connectivity index (χ3v) is 2.21. The Balaban J connectivity index is 2.54. The summed E-state index contributed by atoms with van der Waals surface area (Å²) < 4.78 is 18.3. The predicted octanol–water partition coefficient (Wildman–Crippen LogP) is 2.13. The molecule has 14 heavy (non-hydrogen) atoms. The van der Waals surface area contributed by atoms with Gasteiger partial charge in [-0.1, -0.05) is 31.3 Å². The van der Waals surface area contributed by atoms with Crippen molar-refractivity contribution in [2.45, 2.75) is 6.92 Å². The van der Waals surface area contributed by atoms with E-state index in [4.69, 9.17) is 22.7 Å². The molecule has 2 nitrogen and oxygen atoms in total. The second kappa shape index (κ2) is 4.91. The highest BCUT2D eigenvalue weighted by atomic mass is 32.1. The van der Waals surface area contributed by atoms with E-state index in [0.29, 0.717) is 11.6 Å². The van der Waals surface area contributed by atoms with Crippen LogP contribution in [0.15, 0.2) is 24.3 Å². The first kappa shape index (κ1) is 10.9. The fourth-order valence-electron chi connectivity index (χ4n) is 0.859. The topological polar surface area (TPSA) is 35.2 Å². The minimum atomic E-state index is -0.373. The molecule has 1 aromatic rings. The van der Waals surface area contributed by atoms with E-state index in [0.717, 1.165) is 0 Å². The van der Waals surface area contributed by atoms with Gasteiger partial charge in [-0.25, -0.2) is 4.39 Å². The first-order valence-corrected chi connectivity index (χ1v) is 4.68. The van der Waals surface area contributed by atoms with E-state index >= 15 is 0 Å². The van der Waals surface area contributed by atoms with Gasteiger partial charge >= 0.3 is 0 Å². The second-order valence-corrected chi connectivity index (χ2v) is 3.52. The summed E-state index contributed by atoms with van der Waals surface area (Å²) in [5.74, 6) is -0.192. The van der Waals surface area contributed by atoms with Crippen molar-refractivity contribution < 1.29 is 9.13 Å². The minimum Gasteiger partial charge on any atom is -0.490 e. The lowest BCUT2D eigenvalue weighted by Gasteiger charge is -2.11. The van der Waals surface area contributed by atoms with Gasteiger partial charge in [-0.2, -0.15) is 0 Å². The largest absolute Gasteiger partial charge is 0.490 e.